The Labute approximate surface area is 150 Å². The highest BCUT2D eigenvalue weighted by Gasteiger charge is 2.25. The lowest BCUT2D eigenvalue weighted by atomic mass is 10.0. The van der Waals surface area contributed by atoms with Crippen LogP contribution in [0.5, 0.6) is 0 Å². The van der Waals surface area contributed by atoms with Crippen molar-refractivity contribution in [1.29, 1.82) is 0 Å². The second-order valence-corrected chi connectivity index (χ2v) is 7.61. The van der Waals surface area contributed by atoms with Crippen molar-refractivity contribution in [1.82, 2.24) is 10.2 Å². The first kappa shape index (κ1) is 17.0. The van der Waals surface area contributed by atoms with Crippen molar-refractivity contribution < 1.29 is 9.59 Å². The molecule has 3 rings (SSSR count). The summed E-state index contributed by atoms with van der Waals surface area (Å²) < 4.78 is 0. The molecule has 2 amide bonds. The van der Waals surface area contributed by atoms with Crippen LogP contribution in [-0.4, -0.2) is 34.9 Å². The molecule has 4 nitrogen and oxygen atoms in total. The number of carbonyl (C=O) groups excluding carboxylic acids is 2. The Hall–Kier alpha value is -1.79. The molecule has 1 aromatic carbocycles. The number of amides is 2. The summed E-state index contributed by atoms with van der Waals surface area (Å²) in [6.45, 7) is 2.25. The molecule has 1 saturated heterocycles. The average molecular weight is 361 g/mol. The summed E-state index contributed by atoms with van der Waals surface area (Å²) in [5.74, 6) is 0.986. The number of aryl methyl sites for hydroxylation is 1. The number of nitrogens with one attached hydrogen (secondary N) is 1. The normalized spacial score (nSPS) is 15.5. The number of thioether (sulfide) groups is 1. The Kier molecular flexibility index (Phi) is 5.58. The predicted molar refractivity (Wildman–Crippen MR) is 99.2 cm³/mol. The highest BCUT2D eigenvalue weighted by Crippen LogP contribution is 2.26. The van der Waals surface area contributed by atoms with Gasteiger partial charge in [-0.15, -0.1) is 23.1 Å². The molecule has 1 aliphatic heterocycles. The van der Waals surface area contributed by atoms with Crippen LogP contribution in [0.15, 0.2) is 41.8 Å². The van der Waals surface area contributed by atoms with Gasteiger partial charge >= 0.3 is 0 Å². The highest BCUT2D eigenvalue weighted by molar-refractivity contribution is 8.00. The van der Waals surface area contributed by atoms with Crippen molar-refractivity contribution in [2.75, 3.05) is 18.2 Å². The van der Waals surface area contributed by atoms with E-state index in [1.165, 1.54) is 5.56 Å². The van der Waals surface area contributed by atoms with Gasteiger partial charge in [-0.05, 0) is 29.0 Å². The van der Waals surface area contributed by atoms with Gasteiger partial charge in [0.2, 0.25) is 11.8 Å². The number of benzene rings is 1. The summed E-state index contributed by atoms with van der Waals surface area (Å²) in [7, 11) is 0. The maximum atomic E-state index is 12.4. The summed E-state index contributed by atoms with van der Waals surface area (Å²) in [6.07, 6.45) is 0.991. The fourth-order valence-electron chi connectivity index (χ4n) is 2.64. The first-order valence-electron chi connectivity index (χ1n) is 7.94. The number of thiophene rings is 1. The van der Waals surface area contributed by atoms with Gasteiger partial charge in [0.25, 0.3) is 0 Å². The number of carbonyl (C=O) groups is 2. The number of rotatable bonds is 6. The molecule has 0 saturated carbocycles. The Morgan fingerprint density at radius 3 is 2.67 bits per heavy atom. The van der Waals surface area contributed by atoms with E-state index in [9.17, 15) is 9.59 Å². The zero-order valence-corrected chi connectivity index (χ0v) is 15.2. The third-order valence-corrected chi connectivity index (χ3v) is 5.90. The minimum Gasteiger partial charge on any atom is -0.343 e. The van der Waals surface area contributed by atoms with Crippen LogP contribution in [0.2, 0.25) is 0 Å². The molecule has 0 bridgehead atoms. The lowest BCUT2D eigenvalue weighted by molar-refractivity contribution is -0.132. The molecule has 1 aliphatic rings. The Balaban J connectivity index is 1.75. The average Bonchev–Trinajstić information content (AvgIpc) is 3.25. The molecule has 1 fully saturated rings. The van der Waals surface area contributed by atoms with Gasteiger partial charge in [-0.2, -0.15) is 0 Å². The molecule has 0 unspecified atom stereocenters. The topological polar surface area (TPSA) is 49.4 Å². The maximum Gasteiger partial charge on any atom is 0.240 e. The zero-order valence-electron chi connectivity index (χ0n) is 13.5. The van der Waals surface area contributed by atoms with E-state index in [1.54, 1.807) is 28.0 Å². The molecule has 1 aromatic heterocycles. The zero-order chi connectivity index (χ0) is 16.9. The molecular weight excluding hydrogens is 340 g/mol. The van der Waals surface area contributed by atoms with E-state index in [1.807, 2.05) is 17.5 Å². The fourth-order valence-corrected chi connectivity index (χ4v) is 4.35. The highest BCUT2D eigenvalue weighted by atomic mass is 32.2. The van der Waals surface area contributed by atoms with Crippen molar-refractivity contribution in [3.63, 3.8) is 0 Å². The van der Waals surface area contributed by atoms with Crippen LogP contribution in [0.1, 0.15) is 29.0 Å². The second kappa shape index (κ2) is 7.85. The Bertz CT molecular complexity index is 698. The van der Waals surface area contributed by atoms with Crippen LogP contribution >= 0.6 is 23.1 Å². The van der Waals surface area contributed by atoms with Gasteiger partial charge in [0.1, 0.15) is 6.54 Å². The van der Waals surface area contributed by atoms with Gasteiger partial charge in [-0.1, -0.05) is 37.3 Å². The first-order valence-corrected chi connectivity index (χ1v) is 9.98. The van der Waals surface area contributed by atoms with Gasteiger partial charge in [0.15, 0.2) is 0 Å². The predicted octanol–water partition coefficient (Wildman–Crippen LogP) is 3.05. The number of hydrogen-bond donors (Lipinski definition) is 1. The molecule has 126 valence electrons. The molecule has 24 heavy (non-hydrogen) atoms. The van der Waals surface area contributed by atoms with Gasteiger partial charge < -0.3 is 10.2 Å². The molecule has 1 atom stereocenters. The standard InChI is InChI=1S/C18H20N2O2S2/c1-2-13-5-7-14(8-6-13)18(15-4-3-9-24-15)19-16(21)10-20-12-23-11-17(20)22/h3-9,18H,2,10-12H2,1H3,(H,19,21)/t18-/m0/s1. The van der Waals surface area contributed by atoms with Crippen molar-refractivity contribution in [2.45, 2.75) is 19.4 Å². The van der Waals surface area contributed by atoms with Crippen LogP contribution in [0, 0.1) is 0 Å². The lowest BCUT2D eigenvalue weighted by Gasteiger charge is -2.21. The third-order valence-electron chi connectivity index (χ3n) is 4.01. The van der Waals surface area contributed by atoms with Crippen molar-refractivity contribution in [2.24, 2.45) is 0 Å². The lowest BCUT2D eigenvalue weighted by Crippen LogP contribution is -2.39. The SMILES string of the molecule is CCc1ccc([C@H](NC(=O)CN2CSCC2=O)c2cccs2)cc1. The van der Waals surface area contributed by atoms with Crippen molar-refractivity contribution >= 4 is 34.9 Å². The Morgan fingerprint density at radius 1 is 1.29 bits per heavy atom. The van der Waals surface area contributed by atoms with Gasteiger partial charge in [-0.3, -0.25) is 9.59 Å². The molecule has 0 spiro atoms. The van der Waals surface area contributed by atoms with Crippen LogP contribution in [0.3, 0.4) is 0 Å². The third kappa shape index (κ3) is 3.99. The molecule has 0 aliphatic carbocycles. The quantitative estimate of drug-likeness (QED) is 0.861. The number of nitrogens with zero attached hydrogens (tertiary/aromatic N) is 1. The van der Waals surface area contributed by atoms with E-state index in [4.69, 9.17) is 0 Å². The monoisotopic (exact) mass is 360 g/mol. The molecule has 6 heteroatoms. The van der Waals surface area contributed by atoms with Crippen LogP contribution in [0.25, 0.3) is 0 Å². The summed E-state index contributed by atoms with van der Waals surface area (Å²) in [6, 6.07) is 12.2. The molecule has 2 aromatic rings. The van der Waals surface area contributed by atoms with Crippen LogP contribution in [-0.2, 0) is 16.0 Å². The van der Waals surface area contributed by atoms with Gasteiger partial charge in [0, 0.05) is 4.88 Å². The van der Waals surface area contributed by atoms with Crippen LogP contribution in [0.4, 0.5) is 0 Å². The smallest absolute Gasteiger partial charge is 0.240 e. The largest absolute Gasteiger partial charge is 0.343 e. The van der Waals surface area contributed by atoms with Gasteiger partial charge in [0.05, 0.1) is 17.7 Å². The van der Waals surface area contributed by atoms with E-state index in [0.29, 0.717) is 11.6 Å². The molecular formula is C18H20N2O2S2. The Morgan fingerprint density at radius 2 is 2.08 bits per heavy atom. The summed E-state index contributed by atoms with van der Waals surface area (Å²) in [5, 5.41) is 5.10. The van der Waals surface area contributed by atoms with Crippen molar-refractivity contribution in [3.05, 3.63) is 57.8 Å². The van der Waals surface area contributed by atoms with Crippen molar-refractivity contribution in [3.8, 4) is 0 Å². The van der Waals surface area contributed by atoms with E-state index in [0.717, 1.165) is 16.9 Å². The van der Waals surface area contributed by atoms with E-state index >= 15 is 0 Å². The second-order valence-electron chi connectivity index (χ2n) is 5.68. The summed E-state index contributed by atoms with van der Waals surface area (Å²) in [4.78, 5) is 26.8. The fraction of sp³-hybridized carbons (Fsp3) is 0.333. The molecule has 2 heterocycles. The van der Waals surface area contributed by atoms with Crippen LogP contribution < -0.4 is 5.32 Å². The minimum atomic E-state index is -0.172. The summed E-state index contributed by atoms with van der Waals surface area (Å²) >= 11 is 3.17. The molecule has 0 radical (unpaired) electrons. The minimum absolute atomic E-state index is 0.0372. The molecule has 1 N–H and O–H groups in total. The summed E-state index contributed by atoms with van der Waals surface area (Å²) in [5.41, 5.74) is 2.33. The number of hydrogen-bond acceptors (Lipinski definition) is 4. The van der Waals surface area contributed by atoms with E-state index < -0.39 is 0 Å². The maximum absolute atomic E-state index is 12.4. The first-order chi connectivity index (χ1) is 11.7. The van der Waals surface area contributed by atoms with E-state index in [-0.39, 0.29) is 24.4 Å². The van der Waals surface area contributed by atoms with E-state index in [2.05, 4.69) is 36.5 Å². The van der Waals surface area contributed by atoms with Gasteiger partial charge in [-0.25, -0.2) is 0 Å².